The Labute approximate surface area is 173 Å². The number of carbonyl (C=O) groups excluding carboxylic acids is 2. The molecule has 6 nitrogen and oxygen atoms in total. The number of para-hydroxylation sites is 2. The van der Waals surface area contributed by atoms with Crippen LogP contribution in [0.3, 0.4) is 0 Å². The molecule has 0 saturated heterocycles. The second kappa shape index (κ2) is 10.1. The maximum Gasteiger partial charge on any atom is 0.329 e. The van der Waals surface area contributed by atoms with E-state index >= 15 is 0 Å². The molecule has 3 aromatic carbocycles. The molecule has 3 rings (SSSR count). The van der Waals surface area contributed by atoms with Crippen molar-refractivity contribution in [2.24, 2.45) is 5.10 Å². The van der Waals surface area contributed by atoms with E-state index in [4.69, 9.17) is 16.3 Å². The van der Waals surface area contributed by atoms with E-state index in [0.29, 0.717) is 28.6 Å². The van der Waals surface area contributed by atoms with Crippen molar-refractivity contribution in [3.8, 4) is 5.75 Å². The first-order valence-electron chi connectivity index (χ1n) is 8.78. The summed E-state index contributed by atoms with van der Waals surface area (Å²) in [7, 11) is 0. The van der Waals surface area contributed by atoms with Crippen molar-refractivity contribution in [1.82, 2.24) is 5.43 Å². The van der Waals surface area contributed by atoms with Gasteiger partial charge in [-0.05, 0) is 29.8 Å². The van der Waals surface area contributed by atoms with Crippen molar-refractivity contribution < 1.29 is 14.3 Å². The molecule has 29 heavy (non-hydrogen) atoms. The molecule has 0 aliphatic heterocycles. The van der Waals surface area contributed by atoms with Gasteiger partial charge in [-0.3, -0.25) is 9.59 Å². The van der Waals surface area contributed by atoms with E-state index in [0.717, 1.165) is 5.56 Å². The van der Waals surface area contributed by atoms with Gasteiger partial charge in [0.15, 0.2) is 0 Å². The molecule has 7 heteroatoms. The molecular weight excluding hydrogens is 390 g/mol. The highest BCUT2D eigenvalue weighted by molar-refractivity contribution is 6.41. The zero-order chi connectivity index (χ0) is 20.5. The molecule has 0 heterocycles. The van der Waals surface area contributed by atoms with E-state index < -0.39 is 11.8 Å². The molecule has 2 N–H and O–H groups in total. The molecule has 2 amide bonds. The Morgan fingerprint density at radius 2 is 1.59 bits per heavy atom. The lowest BCUT2D eigenvalue weighted by Gasteiger charge is -2.09. The summed E-state index contributed by atoms with van der Waals surface area (Å²) in [5, 5.41) is 6.61. The standard InChI is InChI=1S/C22H18ClN3O3/c23-18-11-5-6-12-19(18)25-21(27)22(28)26-24-14-17-10-4-7-13-20(17)29-15-16-8-2-1-3-9-16/h1-14H,15H2,(H,25,27)(H,26,28)/b24-14+. The molecule has 0 unspecified atom stereocenters. The third kappa shape index (κ3) is 5.92. The number of hydrogen-bond acceptors (Lipinski definition) is 4. The third-order valence-corrected chi connectivity index (χ3v) is 4.18. The number of nitrogens with zero attached hydrogens (tertiary/aromatic N) is 1. The maximum absolute atomic E-state index is 12.0. The predicted molar refractivity (Wildman–Crippen MR) is 113 cm³/mol. The molecule has 0 aliphatic carbocycles. The SMILES string of the molecule is O=C(N/N=C/c1ccccc1OCc1ccccc1)C(=O)Nc1ccccc1Cl. The van der Waals surface area contributed by atoms with E-state index in [1.165, 1.54) is 6.21 Å². The van der Waals surface area contributed by atoms with E-state index in [9.17, 15) is 9.59 Å². The van der Waals surface area contributed by atoms with Crippen LogP contribution in [-0.4, -0.2) is 18.0 Å². The maximum atomic E-state index is 12.0. The molecule has 0 atom stereocenters. The number of nitrogens with one attached hydrogen (secondary N) is 2. The summed E-state index contributed by atoms with van der Waals surface area (Å²) in [5.74, 6) is -1.18. The highest BCUT2D eigenvalue weighted by Crippen LogP contribution is 2.20. The van der Waals surface area contributed by atoms with Gasteiger partial charge in [0, 0.05) is 5.56 Å². The largest absolute Gasteiger partial charge is 0.488 e. The smallest absolute Gasteiger partial charge is 0.329 e. The molecule has 0 fully saturated rings. The van der Waals surface area contributed by atoms with Crippen LogP contribution >= 0.6 is 11.6 Å². The lowest BCUT2D eigenvalue weighted by Crippen LogP contribution is -2.32. The van der Waals surface area contributed by atoms with Crippen molar-refractivity contribution in [1.29, 1.82) is 0 Å². The summed E-state index contributed by atoms with van der Waals surface area (Å²) in [5.41, 5.74) is 4.23. The molecular formula is C22H18ClN3O3. The molecule has 146 valence electrons. The number of amides is 2. The number of benzene rings is 3. The zero-order valence-corrected chi connectivity index (χ0v) is 16.1. The van der Waals surface area contributed by atoms with Crippen LogP contribution in [-0.2, 0) is 16.2 Å². The van der Waals surface area contributed by atoms with Gasteiger partial charge >= 0.3 is 11.8 Å². The summed E-state index contributed by atoms with van der Waals surface area (Å²) in [6.07, 6.45) is 1.42. The van der Waals surface area contributed by atoms with E-state index in [1.54, 1.807) is 36.4 Å². The summed E-state index contributed by atoms with van der Waals surface area (Å²) in [6, 6.07) is 23.6. The molecule has 0 aromatic heterocycles. The number of halogens is 1. The fourth-order valence-electron chi connectivity index (χ4n) is 2.41. The summed E-state index contributed by atoms with van der Waals surface area (Å²) >= 11 is 5.96. The number of carbonyl (C=O) groups is 2. The quantitative estimate of drug-likeness (QED) is 0.368. The number of hydrazone groups is 1. The van der Waals surface area contributed by atoms with Crippen LogP contribution in [0.15, 0.2) is 84.0 Å². The number of ether oxygens (including phenoxy) is 1. The monoisotopic (exact) mass is 407 g/mol. The first-order valence-corrected chi connectivity index (χ1v) is 9.16. The van der Waals surface area contributed by atoms with Gasteiger partial charge in [-0.2, -0.15) is 5.10 Å². The fraction of sp³-hybridized carbons (Fsp3) is 0.0455. The Morgan fingerprint density at radius 1 is 0.897 bits per heavy atom. The fourth-order valence-corrected chi connectivity index (χ4v) is 2.59. The van der Waals surface area contributed by atoms with Gasteiger partial charge in [0.2, 0.25) is 0 Å². The van der Waals surface area contributed by atoms with Gasteiger partial charge in [0.25, 0.3) is 0 Å². The minimum atomic E-state index is -0.913. The van der Waals surface area contributed by atoms with E-state index in [-0.39, 0.29) is 0 Å². The first kappa shape index (κ1) is 20.1. The van der Waals surface area contributed by atoms with Crippen LogP contribution < -0.4 is 15.5 Å². The Bertz CT molecular complexity index is 1020. The van der Waals surface area contributed by atoms with Crippen LogP contribution in [0.1, 0.15) is 11.1 Å². The van der Waals surface area contributed by atoms with Crippen molar-refractivity contribution in [3.63, 3.8) is 0 Å². The Hall–Kier alpha value is -3.64. The highest BCUT2D eigenvalue weighted by Gasteiger charge is 2.14. The summed E-state index contributed by atoms with van der Waals surface area (Å²) in [6.45, 7) is 0.401. The second-order valence-corrected chi connectivity index (χ2v) is 6.35. The Morgan fingerprint density at radius 3 is 2.38 bits per heavy atom. The number of rotatable bonds is 6. The number of anilines is 1. The van der Waals surface area contributed by atoms with Crippen LogP contribution in [0, 0.1) is 0 Å². The average molecular weight is 408 g/mol. The van der Waals surface area contributed by atoms with Crippen LogP contribution in [0.2, 0.25) is 5.02 Å². The van der Waals surface area contributed by atoms with Crippen molar-refractivity contribution >= 4 is 35.3 Å². The first-order chi connectivity index (χ1) is 14.1. The van der Waals surface area contributed by atoms with Crippen LogP contribution in [0.4, 0.5) is 5.69 Å². The van der Waals surface area contributed by atoms with Gasteiger partial charge in [0.05, 0.1) is 16.9 Å². The number of hydrogen-bond donors (Lipinski definition) is 2. The topological polar surface area (TPSA) is 79.8 Å². The van der Waals surface area contributed by atoms with Crippen LogP contribution in [0.25, 0.3) is 0 Å². The summed E-state index contributed by atoms with van der Waals surface area (Å²) in [4.78, 5) is 23.9. The minimum Gasteiger partial charge on any atom is -0.488 e. The average Bonchev–Trinajstić information content (AvgIpc) is 2.75. The van der Waals surface area contributed by atoms with Crippen LogP contribution in [0.5, 0.6) is 5.75 Å². The van der Waals surface area contributed by atoms with Gasteiger partial charge in [-0.15, -0.1) is 0 Å². The van der Waals surface area contributed by atoms with Crippen molar-refractivity contribution in [2.75, 3.05) is 5.32 Å². The minimum absolute atomic E-state index is 0.335. The molecule has 0 saturated carbocycles. The van der Waals surface area contributed by atoms with Gasteiger partial charge in [-0.25, -0.2) is 5.43 Å². The zero-order valence-electron chi connectivity index (χ0n) is 15.3. The lowest BCUT2D eigenvalue weighted by molar-refractivity contribution is -0.136. The summed E-state index contributed by atoms with van der Waals surface area (Å²) < 4.78 is 5.82. The molecule has 0 aliphatic rings. The normalized spacial score (nSPS) is 10.5. The van der Waals surface area contributed by atoms with Crippen molar-refractivity contribution in [2.45, 2.75) is 6.61 Å². The molecule has 0 radical (unpaired) electrons. The third-order valence-electron chi connectivity index (χ3n) is 3.85. The van der Waals surface area contributed by atoms with E-state index in [1.807, 2.05) is 42.5 Å². The molecule has 0 bridgehead atoms. The van der Waals surface area contributed by atoms with Gasteiger partial charge in [0.1, 0.15) is 12.4 Å². The van der Waals surface area contributed by atoms with Crippen molar-refractivity contribution in [3.05, 3.63) is 95.0 Å². The Kier molecular flexibility index (Phi) is 6.97. The molecule has 3 aromatic rings. The predicted octanol–water partition coefficient (Wildman–Crippen LogP) is 4.01. The van der Waals surface area contributed by atoms with Gasteiger partial charge in [-0.1, -0.05) is 66.2 Å². The van der Waals surface area contributed by atoms with E-state index in [2.05, 4.69) is 15.8 Å². The van der Waals surface area contributed by atoms with Gasteiger partial charge < -0.3 is 10.1 Å². The highest BCUT2D eigenvalue weighted by atomic mass is 35.5. The Balaban J connectivity index is 1.58. The lowest BCUT2D eigenvalue weighted by atomic mass is 10.2. The molecule has 0 spiro atoms. The second-order valence-electron chi connectivity index (χ2n) is 5.95.